The zero-order valence-corrected chi connectivity index (χ0v) is 24.4. The van der Waals surface area contributed by atoms with Crippen molar-refractivity contribution >= 4 is 28.6 Å². The molecule has 0 spiro atoms. The number of carbonyl (C=O) groups is 2. The molecular weight excluding hydrogens is 592 g/mol. The number of aromatic nitrogens is 1. The Morgan fingerprint density at radius 1 is 0.955 bits per heavy atom. The van der Waals surface area contributed by atoms with Gasteiger partial charge in [-0.3, -0.25) is 9.59 Å². The molecule has 44 heavy (non-hydrogen) atoms. The van der Waals surface area contributed by atoms with Crippen molar-refractivity contribution in [3.05, 3.63) is 65.5 Å². The lowest BCUT2D eigenvalue weighted by atomic mass is 9.87. The number of hydrogen-bond acceptors (Lipinski definition) is 6. The summed E-state index contributed by atoms with van der Waals surface area (Å²) in [5.41, 5.74) is -0.0546. The maximum absolute atomic E-state index is 14.0. The molecule has 1 amide bonds. The van der Waals surface area contributed by atoms with Crippen LogP contribution in [0.15, 0.2) is 52.9 Å². The van der Waals surface area contributed by atoms with Crippen LogP contribution < -0.4 is 15.4 Å². The monoisotopic (exact) mass is 621 g/mol. The number of furan rings is 1. The van der Waals surface area contributed by atoms with Crippen molar-refractivity contribution in [2.24, 2.45) is 5.41 Å². The summed E-state index contributed by atoms with van der Waals surface area (Å²) in [6, 6.07) is 10.7. The highest BCUT2D eigenvalue weighted by molar-refractivity contribution is 6.12. The molecule has 7 nitrogen and oxygen atoms in total. The van der Waals surface area contributed by atoms with Crippen molar-refractivity contribution in [1.82, 2.24) is 10.3 Å². The van der Waals surface area contributed by atoms with Crippen LogP contribution in [0.2, 0.25) is 0 Å². The van der Waals surface area contributed by atoms with Crippen molar-refractivity contribution in [2.45, 2.75) is 39.3 Å². The van der Waals surface area contributed by atoms with Crippen LogP contribution in [-0.2, 0) is 0 Å². The summed E-state index contributed by atoms with van der Waals surface area (Å²) in [6.07, 6.45) is -5.72. The highest BCUT2D eigenvalue weighted by atomic mass is 19.4. The molecule has 2 aromatic heterocycles. The summed E-state index contributed by atoms with van der Waals surface area (Å²) in [5, 5.41) is 4.64. The van der Waals surface area contributed by atoms with Crippen LogP contribution in [0.1, 0.15) is 47.9 Å². The molecule has 0 saturated carbocycles. The van der Waals surface area contributed by atoms with Gasteiger partial charge in [-0.25, -0.2) is 4.39 Å². The fraction of sp³-hybridized carbons (Fsp3) is 0.323. The first-order chi connectivity index (χ1) is 20.5. The normalized spacial score (nSPS) is 12.3. The molecule has 0 atom stereocenters. The number of ketones is 1. The van der Waals surface area contributed by atoms with Gasteiger partial charge in [0.1, 0.15) is 23.1 Å². The first-order valence-electron chi connectivity index (χ1n) is 13.3. The third-order valence-corrected chi connectivity index (χ3v) is 6.64. The molecule has 0 radical (unpaired) electrons. The molecule has 4 rings (SSSR count). The number of carbonyl (C=O) groups excluding carboxylic acids is 2. The van der Waals surface area contributed by atoms with E-state index >= 15 is 0 Å². The van der Waals surface area contributed by atoms with Crippen LogP contribution >= 0.6 is 0 Å². The lowest BCUT2D eigenvalue weighted by Gasteiger charge is -2.21. The molecular formula is C31H29F6N3O4. The van der Waals surface area contributed by atoms with Gasteiger partial charge in [0.05, 0.1) is 30.2 Å². The first kappa shape index (κ1) is 32.4. The maximum atomic E-state index is 14.0. The number of ether oxygens (including phenoxy) is 1. The van der Waals surface area contributed by atoms with Gasteiger partial charge in [0.15, 0.2) is 5.78 Å². The van der Waals surface area contributed by atoms with Crippen LogP contribution in [-0.4, -0.2) is 49.5 Å². The van der Waals surface area contributed by atoms with Crippen LogP contribution in [0, 0.1) is 11.2 Å². The Labute approximate surface area is 248 Å². The molecule has 234 valence electrons. The molecule has 2 aromatic carbocycles. The number of pyridine rings is 1. The Morgan fingerprint density at radius 2 is 1.59 bits per heavy atom. The number of nitrogens with one attached hydrogen (secondary N) is 2. The molecule has 13 heteroatoms. The number of halogens is 6. The molecule has 0 bridgehead atoms. The van der Waals surface area contributed by atoms with E-state index in [1.807, 2.05) is 20.8 Å². The van der Waals surface area contributed by atoms with E-state index in [-0.39, 0.29) is 62.6 Å². The smallest absolute Gasteiger partial charge is 0.455 e. The van der Waals surface area contributed by atoms with Gasteiger partial charge in [0, 0.05) is 24.6 Å². The summed E-state index contributed by atoms with van der Waals surface area (Å²) in [5.74, 6) is -6.84. The number of hydrogen-bond donors (Lipinski definition) is 2. The second-order valence-electron chi connectivity index (χ2n) is 11.3. The average Bonchev–Trinajstić information content (AvgIpc) is 3.32. The van der Waals surface area contributed by atoms with E-state index in [1.165, 1.54) is 50.6 Å². The van der Waals surface area contributed by atoms with Crippen LogP contribution in [0.4, 0.5) is 32.2 Å². The maximum Gasteiger partial charge on any atom is 0.455 e. The number of methoxy groups -OCH3 is 1. The van der Waals surface area contributed by atoms with E-state index in [4.69, 9.17) is 9.15 Å². The molecule has 2 heterocycles. The molecule has 0 aliphatic rings. The van der Waals surface area contributed by atoms with Crippen molar-refractivity contribution in [1.29, 1.82) is 0 Å². The minimum absolute atomic E-state index is 0.000421. The van der Waals surface area contributed by atoms with Crippen LogP contribution in [0.25, 0.3) is 33.6 Å². The molecule has 0 unspecified atom stereocenters. The molecule has 0 aliphatic carbocycles. The summed E-state index contributed by atoms with van der Waals surface area (Å²) < 4.78 is 91.8. The Bertz CT molecular complexity index is 1710. The predicted octanol–water partition coefficient (Wildman–Crippen LogP) is 7.90. The Kier molecular flexibility index (Phi) is 8.72. The Hall–Kier alpha value is -4.55. The van der Waals surface area contributed by atoms with E-state index < -0.39 is 41.6 Å². The zero-order valence-electron chi connectivity index (χ0n) is 24.4. The number of fused-ring (bicyclic) bond motifs is 1. The van der Waals surface area contributed by atoms with E-state index in [0.717, 1.165) is 12.1 Å². The van der Waals surface area contributed by atoms with Gasteiger partial charge in [-0.05, 0) is 53.4 Å². The second kappa shape index (κ2) is 11.9. The molecule has 0 saturated heterocycles. The highest BCUT2D eigenvalue weighted by Crippen LogP contribution is 2.41. The third kappa shape index (κ3) is 6.66. The van der Waals surface area contributed by atoms with Crippen LogP contribution in [0.3, 0.4) is 0 Å². The average molecular weight is 622 g/mol. The molecule has 0 fully saturated rings. The van der Waals surface area contributed by atoms with Crippen molar-refractivity contribution < 1.29 is 45.1 Å². The van der Waals surface area contributed by atoms with E-state index in [0.29, 0.717) is 0 Å². The minimum atomic E-state index is -5.84. The number of nitrogens with zero attached hydrogens (tertiary/aromatic N) is 1. The molecule has 4 aromatic rings. The zero-order chi connectivity index (χ0) is 32.6. The molecule has 2 N–H and O–H groups in total. The fourth-order valence-corrected chi connectivity index (χ4v) is 4.50. The Morgan fingerprint density at radius 3 is 2.16 bits per heavy atom. The second-order valence-corrected chi connectivity index (χ2v) is 11.3. The third-order valence-electron chi connectivity index (χ3n) is 6.64. The summed E-state index contributed by atoms with van der Waals surface area (Å²) in [6.45, 7) is 3.72. The number of Topliss-reactive ketones (excluding diaryl/α,β-unsaturated/α-hetero) is 1. The quantitative estimate of drug-likeness (QED) is 0.146. The standard InChI is InChI=1S/C31H29F6N3O4/c1-29(2,3)14-22(41)20-12-17(8-11-23(20)43-5)19-13-21-24(27(42)38-4)25(16-6-9-18(32)10-7-16)44-28(21)40-26(19)39-15-30(33,34)31(35,36)37/h6-13H,14-15H2,1-5H3,(H,38,42)(H,39,40). The van der Waals surface area contributed by atoms with Gasteiger partial charge in [0.2, 0.25) is 5.71 Å². The lowest BCUT2D eigenvalue weighted by molar-refractivity contribution is -0.275. The number of benzene rings is 2. The van der Waals surface area contributed by atoms with E-state index in [2.05, 4.69) is 15.6 Å². The largest absolute Gasteiger partial charge is 0.496 e. The fourth-order valence-electron chi connectivity index (χ4n) is 4.50. The number of amides is 1. The highest BCUT2D eigenvalue weighted by Gasteiger charge is 2.57. The first-order valence-corrected chi connectivity index (χ1v) is 13.3. The van der Waals surface area contributed by atoms with Crippen molar-refractivity contribution in [2.75, 3.05) is 26.0 Å². The van der Waals surface area contributed by atoms with Gasteiger partial charge in [0.25, 0.3) is 5.91 Å². The van der Waals surface area contributed by atoms with Gasteiger partial charge < -0.3 is 19.8 Å². The van der Waals surface area contributed by atoms with E-state index in [1.54, 1.807) is 0 Å². The SMILES string of the molecule is CNC(=O)c1c(-c2ccc(F)cc2)oc2nc(NCC(F)(F)C(F)(F)F)c(-c3ccc(OC)c(C(=O)CC(C)(C)C)c3)cc12. The van der Waals surface area contributed by atoms with Gasteiger partial charge in [-0.1, -0.05) is 26.8 Å². The number of rotatable bonds is 9. The Balaban J connectivity index is 1.98. The number of anilines is 1. The summed E-state index contributed by atoms with van der Waals surface area (Å²) >= 11 is 0. The summed E-state index contributed by atoms with van der Waals surface area (Å²) in [7, 11) is 2.72. The summed E-state index contributed by atoms with van der Waals surface area (Å²) in [4.78, 5) is 30.5. The van der Waals surface area contributed by atoms with Gasteiger partial charge in [-0.2, -0.15) is 26.9 Å². The predicted molar refractivity (Wildman–Crippen MR) is 153 cm³/mol. The molecule has 0 aliphatic heterocycles. The van der Waals surface area contributed by atoms with Crippen LogP contribution in [0.5, 0.6) is 5.75 Å². The topological polar surface area (TPSA) is 93.5 Å². The van der Waals surface area contributed by atoms with Gasteiger partial charge in [-0.15, -0.1) is 0 Å². The minimum Gasteiger partial charge on any atom is -0.496 e. The van der Waals surface area contributed by atoms with Gasteiger partial charge >= 0.3 is 12.1 Å². The van der Waals surface area contributed by atoms with Crippen molar-refractivity contribution in [3.63, 3.8) is 0 Å². The lowest BCUT2D eigenvalue weighted by Crippen LogP contribution is -2.42. The van der Waals surface area contributed by atoms with Crippen molar-refractivity contribution in [3.8, 4) is 28.2 Å². The number of alkyl halides is 5. The van der Waals surface area contributed by atoms with E-state index in [9.17, 15) is 35.9 Å².